The molecule has 5 heteroatoms. The number of carbonyl (C=O) groups excluding carboxylic acids is 1. The average Bonchev–Trinajstić information content (AvgIpc) is 3.01. The molecular formula is C19H22ClNO2S. The van der Waals surface area contributed by atoms with Gasteiger partial charge in [-0.1, -0.05) is 17.7 Å². The Balaban J connectivity index is 1.65. The molecule has 3 rings (SSSR count). The summed E-state index contributed by atoms with van der Waals surface area (Å²) in [7, 11) is 1.69. The number of hydrogen-bond acceptors (Lipinski definition) is 3. The molecule has 24 heavy (non-hydrogen) atoms. The molecule has 0 radical (unpaired) electrons. The fourth-order valence-electron chi connectivity index (χ4n) is 3.39. The molecule has 3 nitrogen and oxygen atoms in total. The van der Waals surface area contributed by atoms with E-state index in [9.17, 15) is 4.79 Å². The Kier molecular flexibility index (Phi) is 5.47. The largest absolute Gasteiger partial charge is 0.497 e. The first-order chi connectivity index (χ1) is 11.6. The minimum absolute atomic E-state index is 0.00562. The molecule has 128 valence electrons. The van der Waals surface area contributed by atoms with Gasteiger partial charge in [0.15, 0.2) is 0 Å². The number of carbonyl (C=O) groups is 1. The van der Waals surface area contributed by atoms with Crippen molar-refractivity contribution in [3.8, 4) is 5.75 Å². The predicted molar refractivity (Wildman–Crippen MR) is 99.2 cm³/mol. The number of methoxy groups -OCH3 is 1. The summed E-state index contributed by atoms with van der Waals surface area (Å²) in [5.74, 6) is 1.28. The van der Waals surface area contributed by atoms with Gasteiger partial charge in [0.05, 0.1) is 17.5 Å². The van der Waals surface area contributed by atoms with Crippen molar-refractivity contribution in [3.63, 3.8) is 0 Å². The van der Waals surface area contributed by atoms with Crippen molar-refractivity contribution in [2.75, 3.05) is 7.11 Å². The van der Waals surface area contributed by atoms with Gasteiger partial charge in [-0.05, 0) is 67.5 Å². The zero-order chi connectivity index (χ0) is 17.1. The van der Waals surface area contributed by atoms with Gasteiger partial charge in [0.2, 0.25) is 5.91 Å². The number of ether oxygens (including phenoxy) is 1. The number of halogens is 1. The third-order valence-electron chi connectivity index (χ3n) is 4.62. The van der Waals surface area contributed by atoms with E-state index in [1.54, 1.807) is 7.11 Å². The number of aryl methyl sites for hydroxylation is 1. The predicted octanol–water partition coefficient (Wildman–Crippen LogP) is 5.10. The molecule has 1 N–H and O–H groups in total. The van der Waals surface area contributed by atoms with Crippen LogP contribution in [-0.4, -0.2) is 13.0 Å². The molecule has 1 aliphatic rings. The Labute approximate surface area is 152 Å². The van der Waals surface area contributed by atoms with E-state index in [4.69, 9.17) is 16.3 Å². The van der Waals surface area contributed by atoms with Crippen molar-refractivity contribution >= 4 is 28.8 Å². The molecule has 2 aromatic rings. The van der Waals surface area contributed by atoms with E-state index in [2.05, 4.69) is 17.4 Å². The van der Waals surface area contributed by atoms with Crippen LogP contribution in [0.2, 0.25) is 4.34 Å². The van der Waals surface area contributed by atoms with Crippen LogP contribution < -0.4 is 10.1 Å². The standard InChI is InChI=1S/C19H22ClNO2S/c1-12(17-8-9-18(20)24-17)21-19(22)11-14-5-3-4-13-10-15(23-2)6-7-16(13)14/h6-10,12,14H,3-5,11H2,1-2H3,(H,21,22). The first kappa shape index (κ1) is 17.3. The van der Waals surface area contributed by atoms with Crippen LogP contribution in [0.25, 0.3) is 0 Å². The summed E-state index contributed by atoms with van der Waals surface area (Å²) in [5, 5.41) is 3.10. The van der Waals surface area contributed by atoms with Crippen LogP contribution in [0, 0.1) is 0 Å². The van der Waals surface area contributed by atoms with Gasteiger partial charge in [0, 0.05) is 11.3 Å². The number of nitrogens with one attached hydrogen (secondary N) is 1. The maximum absolute atomic E-state index is 12.5. The van der Waals surface area contributed by atoms with Crippen LogP contribution in [0.3, 0.4) is 0 Å². The fraction of sp³-hybridized carbons (Fsp3) is 0.421. The molecule has 0 fully saturated rings. The van der Waals surface area contributed by atoms with E-state index < -0.39 is 0 Å². The zero-order valence-corrected chi connectivity index (χ0v) is 15.5. The molecule has 0 spiro atoms. The van der Waals surface area contributed by atoms with Crippen molar-refractivity contribution in [1.82, 2.24) is 5.32 Å². The van der Waals surface area contributed by atoms with Gasteiger partial charge in [0.25, 0.3) is 0 Å². The first-order valence-corrected chi connectivity index (χ1v) is 9.47. The highest BCUT2D eigenvalue weighted by Gasteiger charge is 2.24. The molecule has 2 atom stereocenters. The van der Waals surface area contributed by atoms with Gasteiger partial charge in [-0.15, -0.1) is 11.3 Å². The second kappa shape index (κ2) is 7.58. The normalized spacial score (nSPS) is 17.9. The number of fused-ring (bicyclic) bond motifs is 1. The number of benzene rings is 1. The minimum Gasteiger partial charge on any atom is -0.497 e. The maximum Gasteiger partial charge on any atom is 0.221 e. The molecule has 0 saturated carbocycles. The number of rotatable bonds is 5. The lowest BCUT2D eigenvalue weighted by Crippen LogP contribution is -2.28. The smallest absolute Gasteiger partial charge is 0.221 e. The monoisotopic (exact) mass is 363 g/mol. The topological polar surface area (TPSA) is 38.3 Å². The molecular weight excluding hydrogens is 342 g/mol. The van der Waals surface area contributed by atoms with Gasteiger partial charge < -0.3 is 10.1 Å². The maximum atomic E-state index is 12.5. The van der Waals surface area contributed by atoms with Crippen LogP contribution >= 0.6 is 22.9 Å². The summed E-state index contributed by atoms with van der Waals surface area (Å²) in [6.45, 7) is 2.00. The van der Waals surface area contributed by atoms with Crippen LogP contribution in [0.4, 0.5) is 0 Å². The number of amides is 1. The highest BCUT2D eigenvalue weighted by molar-refractivity contribution is 7.16. The van der Waals surface area contributed by atoms with E-state index in [-0.39, 0.29) is 11.9 Å². The first-order valence-electron chi connectivity index (χ1n) is 8.28. The second-order valence-electron chi connectivity index (χ2n) is 6.29. The van der Waals surface area contributed by atoms with E-state index in [1.807, 2.05) is 25.1 Å². The van der Waals surface area contributed by atoms with Crippen molar-refractivity contribution < 1.29 is 9.53 Å². The van der Waals surface area contributed by atoms with E-state index in [1.165, 1.54) is 22.5 Å². The highest BCUT2D eigenvalue weighted by Crippen LogP contribution is 2.36. The second-order valence-corrected chi connectivity index (χ2v) is 8.04. The summed E-state index contributed by atoms with van der Waals surface area (Å²) < 4.78 is 6.06. The van der Waals surface area contributed by atoms with Crippen molar-refractivity contribution in [2.45, 2.75) is 44.6 Å². The summed E-state index contributed by atoms with van der Waals surface area (Å²) in [5.41, 5.74) is 2.61. The zero-order valence-electron chi connectivity index (χ0n) is 14.0. The van der Waals surface area contributed by atoms with E-state index >= 15 is 0 Å². The summed E-state index contributed by atoms with van der Waals surface area (Å²) in [6.07, 6.45) is 3.78. The van der Waals surface area contributed by atoms with E-state index in [0.717, 1.165) is 34.2 Å². The van der Waals surface area contributed by atoms with Gasteiger partial charge >= 0.3 is 0 Å². The number of thiophene rings is 1. The van der Waals surface area contributed by atoms with E-state index in [0.29, 0.717) is 12.3 Å². The quantitative estimate of drug-likeness (QED) is 0.802. The summed E-state index contributed by atoms with van der Waals surface area (Å²) in [4.78, 5) is 13.6. The van der Waals surface area contributed by atoms with Gasteiger partial charge in [-0.2, -0.15) is 0 Å². The Morgan fingerprint density at radius 2 is 2.25 bits per heavy atom. The highest BCUT2D eigenvalue weighted by atomic mass is 35.5. The molecule has 1 amide bonds. The lowest BCUT2D eigenvalue weighted by molar-refractivity contribution is -0.122. The van der Waals surface area contributed by atoms with Gasteiger partial charge in [-0.3, -0.25) is 4.79 Å². The van der Waals surface area contributed by atoms with Crippen LogP contribution in [0.5, 0.6) is 5.75 Å². The molecule has 1 aromatic heterocycles. The third-order valence-corrected chi connectivity index (χ3v) is 6.03. The lowest BCUT2D eigenvalue weighted by Gasteiger charge is -2.26. The lowest BCUT2D eigenvalue weighted by atomic mass is 9.81. The van der Waals surface area contributed by atoms with Crippen LogP contribution in [-0.2, 0) is 11.2 Å². The Morgan fingerprint density at radius 3 is 2.96 bits per heavy atom. The molecule has 1 heterocycles. The van der Waals surface area contributed by atoms with Crippen LogP contribution in [0.1, 0.15) is 54.1 Å². The summed E-state index contributed by atoms with van der Waals surface area (Å²) in [6, 6.07) is 10.1. The van der Waals surface area contributed by atoms with Crippen molar-refractivity contribution in [3.05, 3.63) is 50.7 Å². The summed E-state index contributed by atoms with van der Waals surface area (Å²) >= 11 is 7.49. The molecule has 0 saturated heterocycles. The average molecular weight is 364 g/mol. The molecule has 1 aromatic carbocycles. The SMILES string of the molecule is COc1ccc2c(c1)CCCC2CC(=O)NC(C)c1ccc(Cl)s1. The Hall–Kier alpha value is -1.52. The molecule has 0 bridgehead atoms. The van der Waals surface area contributed by atoms with Crippen molar-refractivity contribution in [1.29, 1.82) is 0 Å². The van der Waals surface area contributed by atoms with Crippen molar-refractivity contribution in [2.24, 2.45) is 0 Å². The van der Waals surface area contributed by atoms with Crippen LogP contribution in [0.15, 0.2) is 30.3 Å². The minimum atomic E-state index is -0.00562. The molecule has 0 aliphatic heterocycles. The number of hydrogen-bond donors (Lipinski definition) is 1. The fourth-order valence-corrected chi connectivity index (χ4v) is 4.45. The molecule has 2 unspecified atom stereocenters. The molecule has 1 aliphatic carbocycles. The van der Waals surface area contributed by atoms with Gasteiger partial charge in [-0.25, -0.2) is 0 Å². The third kappa shape index (κ3) is 3.93. The van der Waals surface area contributed by atoms with Gasteiger partial charge in [0.1, 0.15) is 5.75 Å². The Morgan fingerprint density at radius 1 is 1.42 bits per heavy atom. The Bertz CT molecular complexity index is 728.